The maximum atomic E-state index is 12.5. The van der Waals surface area contributed by atoms with E-state index < -0.39 is 0 Å². The molecule has 0 N–H and O–H groups in total. The summed E-state index contributed by atoms with van der Waals surface area (Å²) in [6, 6.07) is 28.4. The Labute approximate surface area is 182 Å². The van der Waals surface area contributed by atoms with Crippen LogP contribution in [0.5, 0.6) is 0 Å². The molecule has 0 aromatic heterocycles. The standard InChI is InChI=1S/C25H25ClN2O2/c26-23-13-11-22(12-14-23)24(21-9-5-2-6-10-21)27-15-17-28(18-16-27)25(29)30-19-20-7-3-1-4-8-20/h1-14,24H,15-19H2. The van der Waals surface area contributed by atoms with Crippen LogP contribution in [-0.4, -0.2) is 42.1 Å². The third-order valence-electron chi connectivity index (χ3n) is 5.44. The fourth-order valence-corrected chi connectivity index (χ4v) is 3.99. The van der Waals surface area contributed by atoms with Gasteiger partial charge >= 0.3 is 6.09 Å². The zero-order valence-electron chi connectivity index (χ0n) is 16.8. The first-order valence-corrected chi connectivity index (χ1v) is 10.6. The van der Waals surface area contributed by atoms with Crippen molar-refractivity contribution in [3.63, 3.8) is 0 Å². The lowest BCUT2D eigenvalue weighted by Crippen LogP contribution is -2.50. The van der Waals surface area contributed by atoms with E-state index in [9.17, 15) is 4.79 Å². The summed E-state index contributed by atoms with van der Waals surface area (Å²) >= 11 is 6.10. The molecular formula is C25H25ClN2O2. The molecule has 5 heteroatoms. The van der Waals surface area contributed by atoms with Crippen molar-refractivity contribution in [3.8, 4) is 0 Å². The molecule has 1 unspecified atom stereocenters. The predicted octanol–water partition coefficient (Wildman–Crippen LogP) is 5.38. The van der Waals surface area contributed by atoms with Gasteiger partial charge in [0.25, 0.3) is 0 Å². The van der Waals surface area contributed by atoms with Gasteiger partial charge < -0.3 is 9.64 Å². The Morgan fingerprint density at radius 1 is 0.800 bits per heavy atom. The summed E-state index contributed by atoms with van der Waals surface area (Å²) in [5, 5.41) is 0.733. The van der Waals surface area contributed by atoms with Crippen molar-refractivity contribution in [2.24, 2.45) is 0 Å². The molecule has 1 heterocycles. The summed E-state index contributed by atoms with van der Waals surface area (Å²) in [4.78, 5) is 16.7. The molecule has 0 bridgehead atoms. The van der Waals surface area contributed by atoms with Crippen molar-refractivity contribution >= 4 is 17.7 Å². The Morgan fingerprint density at radius 3 is 2.00 bits per heavy atom. The van der Waals surface area contributed by atoms with Crippen LogP contribution in [0, 0.1) is 0 Å². The van der Waals surface area contributed by atoms with E-state index in [0.717, 1.165) is 23.7 Å². The summed E-state index contributed by atoms with van der Waals surface area (Å²) in [6.45, 7) is 3.15. The molecular weight excluding hydrogens is 396 g/mol. The van der Waals surface area contributed by atoms with Gasteiger partial charge in [-0.2, -0.15) is 0 Å². The van der Waals surface area contributed by atoms with Crippen LogP contribution in [-0.2, 0) is 11.3 Å². The Morgan fingerprint density at radius 2 is 1.37 bits per heavy atom. The van der Waals surface area contributed by atoms with E-state index >= 15 is 0 Å². The summed E-state index contributed by atoms with van der Waals surface area (Å²) < 4.78 is 5.50. The number of rotatable bonds is 5. The molecule has 30 heavy (non-hydrogen) atoms. The van der Waals surface area contributed by atoms with Gasteiger partial charge in [0.1, 0.15) is 6.61 Å². The normalized spacial score (nSPS) is 15.6. The number of carbonyl (C=O) groups is 1. The molecule has 1 aliphatic rings. The molecule has 4 nitrogen and oxygen atoms in total. The Hall–Kier alpha value is -2.82. The topological polar surface area (TPSA) is 32.8 Å². The molecule has 3 aromatic carbocycles. The summed E-state index contributed by atoms with van der Waals surface area (Å²) in [6.07, 6.45) is -0.249. The number of ether oxygens (including phenoxy) is 1. The molecule has 4 rings (SSSR count). The summed E-state index contributed by atoms with van der Waals surface area (Å²) in [5.74, 6) is 0. The number of carbonyl (C=O) groups excluding carboxylic acids is 1. The van der Waals surface area contributed by atoms with E-state index in [1.54, 1.807) is 4.90 Å². The van der Waals surface area contributed by atoms with Gasteiger partial charge in [-0.1, -0.05) is 84.4 Å². The van der Waals surface area contributed by atoms with Gasteiger partial charge in [-0.3, -0.25) is 4.90 Å². The third-order valence-corrected chi connectivity index (χ3v) is 5.70. The highest BCUT2D eigenvalue weighted by Gasteiger charge is 2.28. The molecule has 1 aliphatic heterocycles. The largest absolute Gasteiger partial charge is 0.445 e. The Bertz CT molecular complexity index is 940. The molecule has 1 fully saturated rings. The number of hydrogen-bond acceptors (Lipinski definition) is 3. The number of halogens is 1. The number of hydrogen-bond donors (Lipinski definition) is 0. The van der Waals surface area contributed by atoms with Crippen LogP contribution in [0.15, 0.2) is 84.9 Å². The Balaban J connectivity index is 1.41. The first-order valence-electron chi connectivity index (χ1n) is 10.2. The van der Waals surface area contributed by atoms with Crippen molar-refractivity contribution in [3.05, 3.63) is 107 Å². The smallest absolute Gasteiger partial charge is 0.410 e. The van der Waals surface area contributed by atoms with Crippen molar-refractivity contribution in [2.75, 3.05) is 26.2 Å². The predicted molar refractivity (Wildman–Crippen MR) is 120 cm³/mol. The molecule has 1 saturated heterocycles. The van der Waals surface area contributed by atoms with Crippen LogP contribution in [0.4, 0.5) is 4.79 Å². The van der Waals surface area contributed by atoms with E-state index in [4.69, 9.17) is 16.3 Å². The van der Waals surface area contributed by atoms with Crippen LogP contribution < -0.4 is 0 Å². The zero-order chi connectivity index (χ0) is 20.8. The second-order valence-corrected chi connectivity index (χ2v) is 7.86. The van der Waals surface area contributed by atoms with E-state index in [0.29, 0.717) is 19.7 Å². The molecule has 0 radical (unpaired) electrons. The average molecular weight is 421 g/mol. The number of amides is 1. The van der Waals surface area contributed by atoms with Crippen molar-refractivity contribution < 1.29 is 9.53 Å². The molecule has 3 aromatic rings. The minimum atomic E-state index is -0.249. The Kier molecular flexibility index (Phi) is 6.67. The van der Waals surface area contributed by atoms with Crippen molar-refractivity contribution in [1.29, 1.82) is 0 Å². The maximum absolute atomic E-state index is 12.5. The number of piperazine rings is 1. The van der Waals surface area contributed by atoms with Crippen LogP contribution in [0.2, 0.25) is 5.02 Å². The van der Waals surface area contributed by atoms with Gasteiger partial charge in [-0.15, -0.1) is 0 Å². The van der Waals surface area contributed by atoms with Gasteiger partial charge in [0.15, 0.2) is 0 Å². The highest BCUT2D eigenvalue weighted by Crippen LogP contribution is 2.30. The molecule has 0 aliphatic carbocycles. The quantitative estimate of drug-likeness (QED) is 0.555. The van der Waals surface area contributed by atoms with Gasteiger partial charge in [-0.05, 0) is 28.8 Å². The molecule has 0 spiro atoms. The lowest BCUT2D eigenvalue weighted by molar-refractivity contribution is 0.0645. The van der Waals surface area contributed by atoms with Crippen LogP contribution >= 0.6 is 11.6 Å². The fourth-order valence-electron chi connectivity index (χ4n) is 3.87. The van der Waals surface area contributed by atoms with Gasteiger partial charge in [-0.25, -0.2) is 4.79 Å². The highest BCUT2D eigenvalue weighted by molar-refractivity contribution is 6.30. The SMILES string of the molecule is O=C(OCc1ccccc1)N1CCN(C(c2ccccc2)c2ccc(Cl)cc2)CC1. The molecule has 154 valence electrons. The summed E-state index contributed by atoms with van der Waals surface area (Å²) in [5.41, 5.74) is 3.43. The first kappa shape index (κ1) is 20.5. The van der Waals surface area contributed by atoms with Crippen LogP contribution in [0.1, 0.15) is 22.7 Å². The average Bonchev–Trinajstić information content (AvgIpc) is 2.81. The van der Waals surface area contributed by atoms with E-state index in [-0.39, 0.29) is 12.1 Å². The van der Waals surface area contributed by atoms with E-state index in [1.165, 1.54) is 11.1 Å². The second-order valence-electron chi connectivity index (χ2n) is 7.43. The van der Waals surface area contributed by atoms with Crippen molar-refractivity contribution in [2.45, 2.75) is 12.6 Å². The number of nitrogens with zero attached hydrogens (tertiary/aromatic N) is 2. The monoisotopic (exact) mass is 420 g/mol. The minimum absolute atomic E-state index is 0.131. The van der Waals surface area contributed by atoms with E-state index in [2.05, 4.69) is 41.3 Å². The van der Waals surface area contributed by atoms with Gasteiger partial charge in [0, 0.05) is 31.2 Å². The molecule has 1 amide bonds. The van der Waals surface area contributed by atoms with Gasteiger partial charge in [0.05, 0.1) is 6.04 Å². The van der Waals surface area contributed by atoms with Gasteiger partial charge in [0.2, 0.25) is 0 Å². The summed E-state index contributed by atoms with van der Waals surface area (Å²) in [7, 11) is 0. The zero-order valence-corrected chi connectivity index (χ0v) is 17.5. The van der Waals surface area contributed by atoms with E-state index in [1.807, 2.05) is 48.5 Å². The van der Waals surface area contributed by atoms with Crippen LogP contribution in [0.3, 0.4) is 0 Å². The first-order chi connectivity index (χ1) is 14.7. The second kappa shape index (κ2) is 9.79. The van der Waals surface area contributed by atoms with Crippen LogP contribution in [0.25, 0.3) is 0 Å². The third kappa shape index (κ3) is 5.02. The lowest BCUT2D eigenvalue weighted by atomic mass is 9.96. The molecule has 1 atom stereocenters. The maximum Gasteiger partial charge on any atom is 0.410 e. The molecule has 0 saturated carbocycles. The minimum Gasteiger partial charge on any atom is -0.445 e. The van der Waals surface area contributed by atoms with Crippen molar-refractivity contribution in [1.82, 2.24) is 9.80 Å². The highest BCUT2D eigenvalue weighted by atomic mass is 35.5. The fraction of sp³-hybridized carbons (Fsp3) is 0.240. The number of benzene rings is 3. The lowest BCUT2D eigenvalue weighted by Gasteiger charge is -2.39.